The molecule has 0 heterocycles. The highest BCUT2D eigenvalue weighted by molar-refractivity contribution is 6.60. The number of nitrogens with two attached hydrogens (primary N) is 1. The second-order valence-corrected chi connectivity index (χ2v) is 5.25. The zero-order valence-electron chi connectivity index (χ0n) is 8.84. The summed E-state index contributed by atoms with van der Waals surface area (Å²) in [5, 5.41) is 0. The smallest absolute Gasteiger partial charge is 0.374 e. The molecule has 5 heteroatoms. The Kier molecular flexibility index (Phi) is 7.49. The maximum Gasteiger partial charge on any atom is 0.502 e. The quantitative estimate of drug-likeness (QED) is 0.603. The molecule has 0 unspecified atom stereocenters. The van der Waals surface area contributed by atoms with Gasteiger partial charge in [0.05, 0.1) is 0 Å². The summed E-state index contributed by atoms with van der Waals surface area (Å²) in [6.45, 7) is 8.22. The van der Waals surface area contributed by atoms with E-state index in [0.29, 0.717) is 32.4 Å². The van der Waals surface area contributed by atoms with Gasteiger partial charge >= 0.3 is 8.80 Å². The zero-order valence-corrected chi connectivity index (χ0v) is 9.84. The summed E-state index contributed by atoms with van der Waals surface area (Å²) in [4.78, 5) is 0. The van der Waals surface area contributed by atoms with Gasteiger partial charge in [-0.2, -0.15) is 0 Å². The van der Waals surface area contributed by atoms with Crippen molar-refractivity contribution in [2.24, 2.45) is 5.73 Å². The fraction of sp³-hybridized carbons (Fsp3) is 1.00. The second-order valence-electron chi connectivity index (χ2n) is 2.52. The molecule has 0 aliphatic rings. The predicted octanol–water partition coefficient (Wildman–Crippen LogP) is 0.993. The van der Waals surface area contributed by atoms with Crippen LogP contribution in [-0.2, 0) is 13.3 Å². The van der Waals surface area contributed by atoms with E-state index in [-0.39, 0.29) is 0 Å². The molecule has 0 aliphatic heterocycles. The Balaban J connectivity index is 4.19. The summed E-state index contributed by atoms with van der Waals surface area (Å²) >= 11 is 0. The molecule has 0 rings (SSSR count). The molecule has 0 atom stereocenters. The van der Waals surface area contributed by atoms with E-state index in [2.05, 4.69) is 0 Å². The Morgan fingerprint density at radius 2 is 1.31 bits per heavy atom. The van der Waals surface area contributed by atoms with Crippen LogP contribution in [0.3, 0.4) is 0 Å². The molecule has 2 N–H and O–H groups in total. The van der Waals surface area contributed by atoms with Gasteiger partial charge in [-0.05, 0) is 27.3 Å². The first-order valence-corrected chi connectivity index (χ1v) is 6.79. The normalized spacial score (nSPS) is 12.0. The van der Waals surface area contributed by atoms with E-state index in [0.717, 1.165) is 0 Å². The standard InChI is InChI=1S/C8H21NO3Si/c1-4-10-13(8-7-9,11-5-2)12-6-3/h4-9H2,1-3H3. The summed E-state index contributed by atoms with van der Waals surface area (Å²) in [6, 6.07) is 0.697. The van der Waals surface area contributed by atoms with Crippen LogP contribution in [0.1, 0.15) is 20.8 Å². The molecule has 0 fully saturated rings. The van der Waals surface area contributed by atoms with Crippen LogP contribution in [0.25, 0.3) is 0 Å². The lowest BCUT2D eigenvalue weighted by Crippen LogP contribution is -2.47. The van der Waals surface area contributed by atoms with Crippen molar-refractivity contribution in [1.82, 2.24) is 0 Å². The van der Waals surface area contributed by atoms with E-state index in [4.69, 9.17) is 19.0 Å². The minimum atomic E-state index is -2.42. The van der Waals surface area contributed by atoms with Crippen molar-refractivity contribution in [1.29, 1.82) is 0 Å². The molecule has 80 valence electrons. The van der Waals surface area contributed by atoms with Gasteiger partial charge in [0.25, 0.3) is 0 Å². The summed E-state index contributed by atoms with van der Waals surface area (Å²) in [5.74, 6) is 0. The first-order valence-electron chi connectivity index (χ1n) is 4.86. The summed E-state index contributed by atoms with van der Waals surface area (Å²) in [5.41, 5.74) is 5.50. The monoisotopic (exact) mass is 207 g/mol. The third-order valence-corrected chi connectivity index (χ3v) is 4.63. The maximum atomic E-state index is 5.57. The molecule has 0 spiro atoms. The Morgan fingerprint density at radius 3 is 1.54 bits per heavy atom. The van der Waals surface area contributed by atoms with Gasteiger partial charge in [-0.15, -0.1) is 0 Å². The minimum absolute atomic E-state index is 0.548. The number of hydrogen-bond acceptors (Lipinski definition) is 4. The van der Waals surface area contributed by atoms with Gasteiger partial charge in [0.15, 0.2) is 0 Å². The van der Waals surface area contributed by atoms with E-state index < -0.39 is 8.80 Å². The van der Waals surface area contributed by atoms with Gasteiger partial charge in [0.2, 0.25) is 0 Å². The van der Waals surface area contributed by atoms with Crippen molar-refractivity contribution in [2.45, 2.75) is 26.8 Å². The van der Waals surface area contributed by atoms with Crippen LogP contribution in [0.2, 0.25) is 6.04 Å². The van der Waals surface area contributed by atoms with Gasteiger partial charge in [-0.3, -0.25) is 0 Å². The largest absolute Gasteiger partial charge is 0.502 e. The van der Waals surface area contributed by atoms with E-state index >= 15 is 0 Å². The van der Waals surface area contributed by atoms with Gasteiger partial charge in [-0.25, -0.2) is 0 Å². The SMILES string of the molecule is CCO[Si](CCN)(OCC)OCC. The van der Waals surface area contributed by atoms with E-state index in [9.17, 15) is 0 Å². The molecule has 0 bridgehead atoms. The summed E-state index contributed by atoms with van der Waals surface area (Å²) in [7, 11) is -2.42. The average molecular weight is 207 g/mol. The maximum absolute atomic E-state index is 5.57. The lowest BCUT2D eigenvalue weighted by atomic mass is 10.8. The van der Waals surface area contributed by atoms with Crippen molar-refractivity contribution < 1.29 is 13.3 Å². The highest BCUT2D eigenvalue weighted by atomic mass is 28.4. The van der Waals surface area contributed by atoms with Crippen LogP contribution >= 0.6 is 0 Å². The minimum Gasteiger partial charge on any atom is -0.374 e. The highest BCUT2D eigenvalue weighted by Crippen LogP contribution is 2.14. The zero-order chi connectivity index (χ0) is 10.2. The molecule has 0 saturated heterocycles. The van der Waals surface area contributed by atoms with E-state index in [1.807, 2.05) is 20.8 Å². The van der Waals surface area contributed by atoms with E-state index in [1.54, 1.807) is 0 Å². The fourth-order valence-electron chi connectivity index (χ4n) is 1.18. The molecule has 0 aromatic rings. The number of hydrogen-bond donors (Lipinski definition) is 1. The average Bonchev–Trinajstić information content (AvgIpc) is 2.06. The molecule has 0 aliphatic carbocycles. The van der Waals surface area contributed by atoms with Crippen LogP contribution in [0.5, 0.6) is 0 Å². The first kappa shape index (κ1) is 13.1. The van der Waals surface area contributed by atoms with Crippen LogP contribution in [0, 0.1) is 0 Å². The Hall–Kier alpha value is 0.0569. The molecule has 0 amide bonds. The van der Waals surface area contributed by atoms with Crippen LogP contribution in [0.4, 0.5) is 0 Å². The van der Waals surface area contributed by atoms with Crippen LogP contribution < -0.4 is 5.73 Å². The van der Waals surface area contributed by atoms with Crippen molar-refractivity contribution in [3.05, 3.63) is 0 Å². The highest BCUT2D eigenvalue weighted by Gasteiger charge is 2.39. The third kappa shape index (κ3) is 4.73. The second kappa shape index (κ2) is 7.46. The van der Waals surface area contributed by atoms with Crippen molar-refractivity contribution >= 4 is 8.80 Å². The van der Waals surface area contributed by atoms with Gasteiger partial charge < -0.3 is 19.0 Å². The topological polar surface area (TPSA) is 53.7 Å². The summed E-state index contributed by atoms with van der Waals surface area (Å²) < 4.78 is 16.7. The lowest BCUT2D eigenvalue weighted by Gasteiger charge is -2.27. The number of rotatable bonds is 8. The fourth-order valence-corrected chi connectivity index (χ4v) is 3.53. The van der Waals surface area contributed by atoms with E-state index in [1.165, 1.54) is 0 Å². The first-order chi connectivity index (χ1) is 6.24. The Bertz CT molecular complexity index is 94.4. The van der Waals surface area contributed by atoms with Gasteiger partial charge in [0, 0.05) is 25.9 Å². The van der Waals surface area contributed by atoms with Crippen molar-refractivity contribution in [3.63, 3.8) is 0 Å². The van der Waals surface area contributed by atoms with Gasteiger partial charge in [-0.1, -0.05) is 0 Å². The molecular weight excluding hydrogens is 186 g/mol. The molecular formula is C8H21NO3Si. The third-order valence-electron chi connectivity index (χ3n) is 1.54. The van der Waals surface area contributed by atoms with Crippen LogP contribution in [-0.4, -0.2) is 35.2 Å². The lowest BCUT2D eigenvalue weighted by molar-refractivity contribution is 0.0720. The predicted molar refractivity (Wildman–Crippen MR) is 54.5 cm³/mol. The molecule has 4 nitrogen and oxygen atoms in total. The van der Waals surface area contributed by atoms with Gasteiger partial charge in [0.1, 0.15) is 0 Å². The molecule has 0 radical (unpaired) electrons. The molecule has 0 aromatic heterocycles. The van der Waals surface area contributed by atoms with Crippen LogP contribution in [0.15, 0.2) is 0 Å². The molecule has 0 saturated carbocycles. The van der Waals surface area contributed by atoms with Crippen molar-refractivity contribution in [3.8, 4) is 0 Å². The Labute approximate surface area is 81.7 Å². The van der Waals surface area contributed by atoms with Crippen molar-refractivity contribution in [2.75, 3.05) is 26.4 Å². The Morgan fingerprint density at radius 1 is 0.923 bits per heavy atom. The molecule has 0 aromatic carbocycles. The molecule has 13 heavy (non-hydrogen) atoms. The summed E-state index contributed by atoms with van der Waals surface area (Å²) in [6.07, 6.45) is 0.